The number of nitrogens with zero attached hydrogens (tertiary/aromatic N) is 23. The summed E-state index contributed by atoms with van der Waals surface area (Å²) < 4.78 is 68.6. The maximum absolute atomic E-state index is 12.2. The van der Waals surface area contributed by atoms with Crippen LogP contribution in [0.1, 0.15) is 76.3 Å². The lowest BCUT2D eigenvalue weighted by Crippen LogP contribution is -2.23. The molecule has 1 aliphatic carbocycles. The number of aryl methyl sites for hydroxylation is 10. The first kappa shape index (κ1) is 56.2. The van der Waals surface area contributed by atoms with Gasteiger partial charge in [0.2, 0.25) is 0 Å². The van der Waals surface area contributed by atoms with Crippen LogP contribution in [0.5, 0.6) is 23.0 Å². The van der Waals surface area contributed by atoms with Gasteiger partial charge in [0.25, 0.3) is 0 Å². The summed E-state index contributed by atoms with van der Waals surface area (Å²) in [6.45, 7) is 11.1. The van der Waals surface area contributed by atoms with Crippen LogP contribution in [0.2, 0.25) is 0 Å². The van der Waals surface area contributed by atoms with Gasteiger partial charge in [0.15, 0.2) is 23.3 Å². The molecule has 1 N–H and O–H groups in total. The first-order valence-corrected chi connectivity index (χ1v) is 28.0. The number of aromatic amines is 1. The fraction of sp³-hybridized carbons (Fsp3) is 0.310. The number of hydrogen-bond donors (Lipinski definition) is 1. The lowest BCUT2D eigenvalue weighted by molar-refractivity contribution is 0.292. The number of aromatic nitrogens is 24. The Bertz CT molecular complexity index is 4900. The minimum atomic E-state index is -0.386. The van der Waals surface area contributed by atoms with Crippen molar-refractivity contribution >= 4 is 0 Å². The van der Waals surface area contributed by atoms with Crippen molar-refractivity contribution in [2.45, 2.75) is 86.5 Å². The van der Waals surface area contributed by atoms with E-state index >= 15 is 0 Å². The third kappa shape index (κ3) is 13.6. The van der Waals surface area contributed by atoms with E-state index in [1.165, 1.54) is 32.2 Å². The number of ether oxygens (including phenoxy) is 4. The number of rotatable bonds is 18. The molecule has 0 amide bonds. The molecule has 0 unspecified atom stereocenters. The predicted octanol–water partition coefficient (Wildman–Crippen LogP) is 3.62. The van der Waals surface area contributed by atoms with Crippen LogP contribution in [0.4, 0.5) is 0 Å². The predicted molar refractivity (Wildman–Crippen MR) is 323 cm³/mol. The Balaban J connectivity index is 0.000000137. The molecule has 0 saturated heterocycles. The van der Waals surface area contributed by atoms with Gasteiger partial charge in [-0.25, -0.2) is 39.1 Å². The number of benzene rings is 4. The van der Waals surface area contributed by atoms with E-state index in [1.54, 1.807) is 103 Å². The zero-order valence-corrected chi connectivity index (χ0v) is 50.8. The highest BCUT2D eigenvalue weighted by Crippen LogP contribution is 2.37. The normalized spacial score (nSPS) is 12.3. The second kappa shape index (κ2) is 27.4. The molecule has 12 aromatic rings. The molecule has 32 nitrogen and oxygen atoms in total. The van der Waals surface area contributed by atoms with E-state index in [4.69, 9.17) is 24.4 Å². The molecule has 0 radical (unpaired) electrons. The molecule has 0 atom stereocenters. The summed E-state index contributed by atoms with van der Waals surface area (Å²) in [4.78, 5) is 68.0. The molecule has 1 saturated carbocycles. The van der Waals surface area contributed by atoms with Gasteiger partial charge >= 0.3 is 22.8 Å². The lowest BCUT2D eigenvalue weighted by Gasteiger charge is -2.12. The summed E-state index contributed by atoms with van der Waals surface area (Å²) in [5, 5.41) is 30.1. The fourth-order valence-electron chi connectivity index (χ4n) is 8.76. The second-order valence-corrected chi connectivity index (χ2v) is 20.4. The van der Waals surface area contributed by atoms with Gasteiger partial charge in [0.1, 0.15) is 66.5 Å². The van der Waals surface area contributed by atoms with Crippen molar-refractivity contribution in [2.24, 2.45) is 35.2 Å². The molecule has 8 heterocycles. The van der Waals surface area contributed by atoms with Crippen LogP contribution >= 0.6 is 0 Å². The van der Waals surface area contributed by atoms with Gasteiger partial charge in [-0.15, -0.1) is 18.7 Å². The molecular weight excluding hydrogens is 1160 g/mol. The van der Waals surface area contributed by atoms with E-state index < -0.39 is 0 Å². The Kier molecular flexibility index (Phi) is 17.1. The molecule has 0 spiro atoms. The highest BCUT2D eigenvalue weighted by atomic mass is 16.5. The smallest absolute Gasteiger partial charge is 0.369 e. The number of imidazole rings is 4. The standard InChI is InChI=1S/C16H18N6O2.C15H18N6O2.C14H16N6O2.C13H14N6O2/c1-11-5-3-4-6-14(11)24-9-13-15(17-10-21(13)12-7-8-12)22-16(23)20(2)18-19-22;1-4-20-10-16-14(21-15(22)19(3)17-18-21)12(20)9-23-13-8-6-5-7-11(13)2;1-10-6-4-5-7-12(10)22-8-11-13(15-9-18(11)2)20-14(21)19(3)16-17-20;1-9-5-3-4-6-11(9)21-7-10-12(15-8-14-10)19-13(20)18(2)16-17-19/h3-6,10,12H,7-9H2,1-2H3;5-8,10H,4,9H2,1-3H3;4-7,9H,8H2,1-3H3;3-6,8H,7H2,1-2H3,(H,14,15)/i3T;5T;4T;3T. The highest BCUT2D eigenvalue weighted by Gasteiger charge is 2.29. The van der Waals surface area contributed by atoms with Gasteiger partial charge in [-0.2, -0.15) is 18.7 Å². The summed E-state index contributed by atoms with van der Waals surface area (Å²) >= 11 is 0. The van der Waals surface area contributed by atoms with Gasteiger partial charge in [0.05, 0.1) is 36.5 Å². The molecule has 32 heteroatoms. The van der Waals surface area contributed by atoms with Gasteiger partial charge in [-0.3, -0.25) is 0 Å². The average molecular weight is 1240 g/mol. The van der Waals surface area contributed by atoms with Crippen LogP contribution in [0.25, 0.3) is 23.3 Å². The van der Waals surface area contributed by atoms with Gasteiger partial charge < -0.3 is 37.6 Å². The minimum absolute atomic E-state index is 0.191. The second-order valence-electron chi connectivity index (χ2n) is 20.4. The van der Waals surface area contributed by atoms with E-state index in [0.717, 1.165) is 79.3 Å². The van der Waals surface area contributed by atoms with Crippen LogP contribution in [-0.4, -0.2) is 118 Å². The van der Waals surface area contributed by atoms with Crippen LogP contribution in [0.3, 0.4) is 0 Å². The van der Waals surface area contributed by atoms with Gasteiger partial charge in [-0.1, -0.05) is 72.7 Å². The topological polar surface area (TPSA) is 330 Å². The van der Waals surface area contributed by atoms with Crippen molar-refractivity contribution in [3.05, 3.63) is 209 Å². The zero-order valence-electron chi connectivity index (χ0n) is 54.8. The summed E-state index contributed by atoms with van der Waals surface area (Å²) in [5.74, 6) is 4.34. The monoisotopic (exact) mass is 1230 g/mol. The SMILES string of the molecule is [3H]c1ccc(OCc2[nH]cnc2-n2nnn(C)c2=O)c(C)c1.[3H]c1ccc(OCc2c(-n3nnn(C)c3=O)ncn2C)c(C)c1.[3H]c1ccc(OCc2c(-n3nnn(C)c3=O)ncn2C2CC2)c(C)c1.[3H]c1ccc(OCc2c(-n3nnn(C)c3=O)ncn2CC)c(C)c1. The van der Waals surface area contributed by atoms with Crippen molar-refractivity contribution in [3.8, 4) is 46.3 Å². The summed E-state index contributed by atoms with van der Waals surface area (Å²) in [6.07, 6.45) is 8.61. The molecule has 13 rings (SSSR count). The van der Waals surface area contributed by atoms with E-state index in [1.807, 2.05) is 50.8 Å². The average Bonchev–Trinajstić information content (AvgIpc) is 1.64. The molecule has 1 fully saturated rings. The number of nitrogens with one attached hydrogen (secondary N) is 1. The maximum atomic E-state index is 12.2. The Morgan fingerprint density at radius 1 is 0.456 bits per heavy atom. The molecule has 0 aliphatic heterocycles. The van der Waals surface area contributed by atoms with Crippen LogP contribution < -0.4 is 41.7 Å². The van der Waals surface area contributed by atoms with E-state index in [0.29, 0.717) is 94.4 Å². The number of tetrazole rings is 4. The number of para-hydroxylation sites is 4. The molecule has 8 aromatic heterocycles. The summed E-state index contributed by atoms with van der Waals surface area (Å²) in [7, 11) is 7.93. The molecule has 0 bridgehead atoms. The maximum Gasteiger partial charge on any atom is 0.369 e. The third-order valence-electron chi connectivity index (χ3n) is 14.0. The minimum Gasteiger partial charge on any atom is -0.487 e. The Hall–Kier alpha value is -11.6. The van der Waals surface area contributed by atoms with Crippen molar-refractivity contribution in [2.75, 3.05) is 0 Å². The van der Waals surface area contributed by atoms with Crippen molar-refractivity contribution in [1.82, 2.24) is 118 Å². The van der Waals surface area contributed by atoms with Gasteiger partial charge in [0, 0.05) is 47.8 Å². The first-order chi connectivity index (χ1) is 45.1. The molecule has 466 valence electrons. The Labute approximate surface area is 517 Å². The van der Waals surface area contributed by atoms with Crippen LogP contribution in [0.15, 0.2) is 141 Å². The zero-order chi connectivity index (χ0) is 67.1. The van der Waals surface area contributed by atoms with E-state index in [2.05, 4.69) is 66.6 Å². The molecular formula is C58H66N24O8. The summed E-state index contributed by atoms with van der Waals surface area (Å²) in [6, 6.07) is 22.8. The Morgan fingerprint density at radius 2 is 0.822 bits per heavy atom. The summed E-state index contributed by atoms with van der Waals surface area (Å²) in [5.41, 5.74) is 4.86. The Morgan fingerprint density at radius 3 is 1.22 bits per heavy atom. The first-order valence-electron chi connectivity index (χ1n) is 30.0. The lowest BCUT2D eigenvalue weighted by atomic mass is 10.2. The number of H-pyrrole nitrogens is 1. The third-order valence-corrected chi connectivity index (χ3v) is 14.0. The van der Waals surface area contributed by atoms with Crippen LogP contribution in [-0.2, 0) is 68.2 Å². The van der Waals surface area contributed by atoms with E-state index in [9.17, 15) is 19.2 Å². The van der Waals surface area contributed by atoms with E-state index in [-0.39, 0.29) is 49.2 Å². The number of hydrogen-bond acceptors (Lipinski definition) is 20. The molecule has 90 heavy (non-hydrogen) atoms. The molecule has 1 aliphatic rings. The molecule has 4 aromatic carbocycles. The highest BCUT2D eigenvalue weighted by molar-refractivity contribution is 5.37. The quantitative estimate of drug-likeness (QED) is 0.128. The van der Waals surface area contributed by atoms with Crippen molar-refractivity contribution in [3.63, 3.8) is 0 Å². The van der Waals surface area contributed by atoms with Crippen LogP contribution in [0, 0.1) is 27.7 Å². The largest absolute Gasteiger partial charge is 0.487 e. The fourth-order valence-corrected chi connectivity index (χ4v) is 8.76. The van der Waals surface area contributed by atoms with Crippen molar-refractivity contribution in [1.29, 1.82) is 0 Å². The van der Waals surface area contributed by atoms with Gasteiger partial charge in [-0.05, 0) is 136 Å². The van der Waals surface area contributed by atoms with Crippen molar-refractivity contribution < 1.29 is 24.4 Å².